The van der Waals surface area contributed by atoms with E-state index in [-0.39, 0.29) is 12.6 Å². The van der Waals surface area contributed by atoms with Crippen molar-refractivity contribution in [3.63, 3.8) is 0 Å². The SMILES string of the molecule is CC(=O)OCCn1ncc(C#N)c1N. The molecule has 0 aliphatic rings. The molecule has 14 heavy (non-hydrogen) atoms. The minimum atomic E-state index is -0.351. The number of nitrogen functional groups attached to an aromatic ring is 1. The molecular weight excluding hydrogens is 184 g/mol. The van der Waals surface area contributed by atoms with Gasteiger partial charge in [0, 0.05) is 6.92 Å². The number of rotatable bonds is 3. The third-order valence-electron chi connectivity index (χ3n) is 1.61. The highest BCUT2D eigenvalue weighted by Crippen LogP contribution is 2.08. The van der Waals surface area contributed by atoms with E-state index in [0.717, 1.165) is 0 Å². The van der Waals surface area contributed by atoms with Gasteiger partial charge >= 0.3 is 5.97 Å². The highest BCUT2D eigenvalue weighted by atomic mass is 16.5. The molecule has 1 rings (SSSR count). The van der Waals surface area contributed by atoms with Crippen molar-refractivity contribution in [2.24, 2.45) is 0 Å². The van der Waals surface area contributed by atoms with Gasteiger partial charge in [-0.2, -0.15) is 10.4 Å². The molecule has 6 heteroatoms. The molecule has 1 heterocycles. The Morgan fingerprint density at radius 3 is 3.07 bits per heavy atom. The first-order valence-electron chi connectivity index (χ1n) is 4.00. The molecule has 0 atom stereocenters. The van der Waals surface area contributed by atoms with Crippen LogP contribution in [0.2, 0.25) is 0 Å². The summed E-state index contributed by atoms with van der Waals surface area (Å²) in [4.78, 5) is 10.4. The Labute approximate surface area is 80.9 Å². The molecular formula is C8H10N4O2. The number of esters is 1. The maximum Gasteiger partial charge on any atom is 0.302 e. The van der Waals surface area contributed by atoms with Gasteiger partial charge in [-0.05, 0) is 0 Å². The van der Waals surface area contributed by atoms with Crippen molar-refractivity contribution in [1.29, 1.82) is 5.26 Å². The number of nitrogens with two attached hydrogens (primary N) is 1. The zero-order valence-corrected chi connectivity index (χ0v) is 7.73. The van der Waals surface area contributed by atoms with Crippen molar-refractivity contribution in [2.75, 3.05) is 12.3 Å². The van der Waals surface area contributed by atoms with Crippen LogP contribution in [-0.2, 0) is 16.1 Å². The predicted octanol–water partition coefficient (Wildman–Crippen LogP) is -0.0999. The van der Waals surface area contributed by atoms with Crippen LogP contribution in [-0.4, -0.2) is 22.4 Å². The third-order valence-corrected chi connectivity index (χ3v) is 1.61. The van der Waals surface area contributed by atoms with Crippen molar-refractivity contribution < 1.29 is 9.53 Å². The average molecular weight is 194 g/mol. The molecule has 0 bridgehead atoms. The Kier molecular flexibility index (Phi) is 3.07. The Hall–Kier alpha value is -2.03. The summed E-state index contributed by atoms with van der Waals surface area (Å²) in [5, 5.41) is 12.4. The van der Waals surface area contributed by atoms with Gasteiger partial charge in [-0.1, -0.05) is 0 Å². The van der Waals surface area contributed by atoms with E-state index in [1.807, 2.05) is 6.07 Å². The summed E-state index contributed by atoms with van der Waals surface area (Å²) in [5.74, 6) is -0.0594. The molecule has 0 saturated heterocycles. The van der Waals surface area contributed by atoms with Gasteiger partial charge in [0.1, 0.15) is 24.1 Å². The number of nitriles is 1. The smallest absolute Gasteiger partial charge is 0.302 e. The molecule has 0 aromatic carbocycles. The molecule has 1 aromatic heterocycles. The van der Waals surface area contributed by atoms with E-state index in [1.165, 1.54) is 17.8 Å². The molecule has 0 fully saturated rings. The van der Waals surface area contributed by atoms with Gasteiger partial charge in [0.05, 0.1) is 12.7 Å². The van der Waals surface area contributed by atoms with Crippen molar-refractivity contribution in [3.8, 4) is 6.07 Å². The lowest BCUT2D eigenvalue weighted by Crippen LogP contribution is -2.12. The van der Waals surface area contributed by atoms with Crippen LogP contribution in [0.3, 0.4) is 0 Å². The van der Waals surface area contributed by atoms with Crippen molar-refractivity contribution in [3.05, 3.63) is 11.8 Å². The second-order valence-corrected chi connectivity index (χ2v) is 2.62. The number of carbonyl (C=O) groups excluding carboxylic acids is 1. The van der Waals surface area contributed by atoms with Crippen molar-refractivity contribution >= 4 is 11.8 Å². The van der Waals surface area contributed by atoms with Crippen LogP contribution in [0.1, 0.15) is 12.5 Å². The molecule has 0 aliphatic carbocycles. The molecule has 2 N–H and O–H groups in total. The first kappa shape index (κ1) is 10.1. The number of ether oxygens (including phenoxy) is 1. The van der Waals surface area contributed by atoms with Gasteiger partial charge < -0.3 is 10.5 Å². The van der Waals surface area contributed by atoms with E-state index < -0.39 is 0 Å². The fourth-order valence-electron chi connectivity index (χ4n) is 0.935. The maximum atomic E-state index is 10.4. The summed E-state index contributed by atoms with van der Waals surface area (Å²) in [5.41, 5.74) is 5.89. The number of hydrogen-bond donors (Lipinski definition) is 1. The first-order valence-corrected chi connectivity index (χ1v) is 4.00. The number of carbonyl (C=O) groups is 1. The largest absolute Gasteiger partial charge is 0.464 e. The second-order valence-electron chi connectivity index (χ2n) is 2.62. The standard InChI is InChI=1S/C8H10N4O2/c1-6(13)14-3-2-12-8(10)7(4-9)5-11-12/h5H,2-3,10H2,1H3. The molecule has 0 spiro atoms. The fraction of sp³-hybridized carbons (Fsp3) is 0.375. The summed E-state index contributed by atoms with van der Waals surface area (Å²) in [6.45, 7) is 1.88. The Morgan fingerprint density at radius 1 is 1.86 bits per heavy atom. The number of aromatic nitrogens is 2. The molecule has 0 amide bonds. The van der Waals surface area contributed by atoms with E-state index in [2.05, 4.69) is 5.10 Å². The predicted molar refractivity (Wildman–Crippen MR) is 48.0 cm³/mol. The quantitative estimate of drug-likeness (QED) is 0.678. The van der Waals surface area contributed by atoms with Crippen molar-refractivity contribution in [2.45, 2.75) is 13.5 Å². The van der Waals surface area contributed by atoms with Gasteiger partial charge in [-0.15, -0.1) is 0 Å². The van der Waals surface area contributed by atoms with Gasteiger partial charge in [-0.3, -0.25) is 4.79 Å². The normalized spacial score (nSPS) is 9.43. The summed E-state index contributed by atoms with van der Waals surface area (Å²) < 4.78 is 6.12. The van der Waals surface area contributed by atoms with Crippen LogP contribution in [0, 0.1) is 11.3 Å². The van der Waals surface area contributed by atoms with Crippen LogP contribution in [0.15, 0.2) is 6.20 Å². The molecule has 0 radical (unpaired) electrons. The summed E-state index contributed by atoms with van der Waals surface area (Å²) in [6, 6.07) is 1.90. The second kappa shape index (κ2) is 4.28. The Morgan fingerprint density at radius 2 is 2.57 bits per heavy atom. The monoisotopic (exact) mass is 194 g/mol. The fourth-order valence-corrected chi connectivity index (χ4v) is 0.935. The lowest BCUT2D eigenvalue weighted by atomic mass is 10.4. The molecule has 6 nitrogen and oxygen atoms in total. The van der Waals surface area contributed by atoms with Gasteiger partial charge in [-0.25, -0.2) is 4.68 Å². The zero-order chi connectivity index (χ0) is 10.6. The van der Waals surface area contributed by atoms with E-state index in [0.29, 0.717) is 17.9 Å². The number of hydrogen-bond acceptors (Lipinski definition) is 5. The van der Waals surface area contributed by atoms with Gasteiger partial charge in [0.2, 0.25) is 0 Å². The first-order chi connectivity index (χ1) is 6.65. The summed E-state index contributed by atoms with van der Waals surface area (Å²) >= 11 is 0. The minimum absolute atomic E-state index is 0.200. The lowest BCUT2D eigenvalue weighted by molar-refractivity contribution is -0.141. The Bertz CT molecular complexity index is 377. The molecule has 1 aromatic rings. The van der Waals surface area contributed by atoms with Crippen LogP contribution in [0.25, 0.3) is 0 Å². The van der Waals surface area contributed by atoms with E-state index in [1.54, 1.807) is 0 Å². The zero-order valence-electron chi connectivity index (χ0n) is 7.73. The minimum Gasteiger partial charge on any atom is -0.464 e. The molecule has 0 saturated carbocycles. The number of nitrogens with zero attached hydrogens (tertiary/aromatic N) is 3. The van der Waals surface area contributed by atoms with E-state index in [9.17, 15) is 4.79 Å². The van der Waals surface area contributed by atoms with Gasteiger partial charge in [0.25, 0.3) is 0 Å². The summed E-state index contributed by atoms with van der Waals surface area (Å²) in [6.07, 6.45) is 1.38. The highest BCUT2D eigenvalue weighted by molar-refractivity contribution is 5.65. The topological polar surface area (TPSA) is 93.9 Å². The average Bonchev–Trinajstić information content (AvgIpc) is 2.47. The number of anilines is 1. The highest BCUT2D eigenvalue weighted by Gasteiger charge is 2.05. The van der Waals surface area contributed by atoms with Crippen molar-refractivity contribution in [1.82, 2.24) is 9.78 Å². The van der Waals surface area contributed by atoms with Gasteiger partial charge in [0.15, 0.2) is 0 Å². The molecule has 0 unspecified atom stereocenters. The Balaban J connectivity index is 2.56. The van der Waals surface area contributed by atoms with E-state index >= 15 is 0 Å². The van der Waals surface area contributed by atoms with E-state index in [4.69, 9.17) is 15.7 Å². The summed E-state index contributed by atoms with van der Waals surface area (Å²) in [7, 11) is 0. The maximum absolute atomic E-state index is 10.4. The molecule has 74 valence electrons. The van der Waals surface area contributed by atoms with Crippen LogP contribution < -0.4 is 5.73 Å². The van der Waals surface area contributed by atoms with Crippen LogP contribution in [0.5, 0.6) is 0 Å². The van der Waals surface area contributed by atoms with Crippen LogP contribution in [0.4, 0.5) is 5.82 Å². The third kappa shape index (κ3) is 2.23. The van der Waals surface area contributed by atoms with Crippen LogP contribution >= 0.6 is 0 Å². The lowest BCUT2D eigenvalue weighted by Gasteiger charge is -2.03. The molecule has 0 aliphatic heterocycles.